The van der Waals surface area contributed by atoms with E-state index >= 15 is 0 Å². The topological polar surface area (TPSA) is 60.8 Å². The number of methoxy groups -OCH3 is 3. The number of hydrogen-bond acceptors (Lipinski definition) is 5. The molecule has 0 aliphatic heterocycles. The van der Waals surface area contributed by atoms with E-state index in [0.29, 0.717) is 34.2 Å². The highest BCUT2D eigenvalue weighted by molar-refractivity contribution is 8.00. The van der Waals surface area contributed by atoms with Crippen molar-refractivity contribution in [2.75, 3.05) is 21.3 Å². The molecule has 24 heavy (non-hydrogen) atoms. The maximum Gasteiger partial charge on any atom is 0.203 e. The third-order valence-corrected chi connectivity index (χ3v) is 5.56. The molecule has 5 nitrogen and oxygen atoms in total. The molecule has 3 aromatic rings. The predicted octanol–water partition coefficient (Wildman–Crippen LogP) is 3.88. The summed E-state index contributed by atoms with van der Waals surface area (Å²) in [5.41, 5.74) is 1.54. The van der Waals surface area contributed by atoms with Gasteiger partial charge in [-0.05, 0) is 24.3 Å². The van der Waals surface area contributed by atoms with E-state index in [1.54, 1.807) is 44.8 Å². The van der Waals surface area contributed by atoms with Gasteiger partial charge in [0.2, 0.25) is 5.75 Å². The summed E-state index contributed by atoms with van der Waals surface area (Å²) in [6.45, 7) is 0. The highest BCUT2D eigenvalue weighted by Gasteiger charge is 2.15. The molecule has 1 heterocycles. The summed E-state index contributed by atoms with van der Waals surface area (Å²) in [5, 5.41) is 10.7. The third-order valence-electron chi connectivity index (χ3n) is 3.41. The molecule has 0 aliphatic rings. The number of thiol groups is 1. The molecular weight excluding hydrogens is 346 g/mol. The number of fused-ring (bicyclic) bond motifs is 1. The van der Waals surface area contributed by atoms with Crippen LogP contribution < -0.4 is 14.2 Å². The minimum absolute atomic E-state index is 0.174. The molecule has 0 unspecified atom stereocenters. The lowest BCUT2D eigenvalue weighted by Crippen LogP contribution is -2.01. The summed E-state index contributed by atoms with van der Waals surface area (Å²) >= 11 is 2.19. The summed E-state index contributed by atoms with van der Waals surface area (Å²) in [5.74, 6) is 1.49. The van der Waals surface area contributed by atoms with Crippen LogP contribution in [0.1, 0.15) is 5.56 Å². The number of hydrogen-bond donors (Lipinski definition) is 2. The van der Waals surface area contributed by atoms with Crippen molar-refractivity contribution in [3.63, 3.8) is 0 Å². The highest BCUT2D eigenvalue weighted by Crippen LogP contribution is 2.38. The Morgan fingerprint density at radius 1 is 1.04 bits per heavy atom. The molecule has 0 saturated heterocycles. The van der Waals surface area contributed by atoms with Crippen molar-refractivity contribution >= 4 is 38.0 Å². The van der Waals surface area contributed by atoms with E-state index < -0.39 is 0 Å². The van der Waals surface area contributed by atoms with Gasteiger partial charge in [-0.2, -0.15) is 0 Å². The quantitative estimate of drug-likeness (QED) is 0.532. The Bertz CT molecular complexity index is 846. The Morgan fingerprint density at radius 3 is 2.29 bits per heavy atom. The van der Waals surface area contributed by atoms with Gasteiger partial charge in [0.15, 0.2) is 11.5 Å². The van der Waals surface area contributed by atoms with E-state index in [-0.39, 0.29) is 5.05 Å². The Labute approximate surface area is 147 Å². The summed E-state index contributed by atoms with van der Waals surface area (Å²) in [7, 11) is 4.63. The number of benzene rings is 2. The van der Waals surface area contributed by atoms with Gasteiger partial charge in [-0.3, -0.25) is 0 Å². The standard InChI is InChI=1S/C17H17NO4S2/c1-20-12-8-10(9-13(21-2)15(12)22-3)16(19)24-17-18-11-6-4-5-7-14(11)23-17/h4-9,19,24H,1-3H3. The van der Waals surface area contributed by atoms with Crippen LogP contribution in [0.2, 0.25) is 0 Å². The Morgan fingerprint density at radius 2 is 1.71 bits per heavy atom. The molecular formula is C17H17NO4S2. The first-order valence-electron chi connectivity index (χ1n) is 7.10. The second kappa shape index (κ2) is 7.21. The van der Waals surface area contributed by atoms with E-state index in [2.05, 4.69) is 4.98 Å². The van der Waals surface area contributed by atoms with E-state index in [0.717, 1.165) is 14.6 Å². The van der Waals surface area contributed by atoms with Crippen LogP contribution in [0.4, 0.5) is 0 Å². The van der Waals surface area contributed by atoms with Crippen LogP contribution in [0.5, 0.6) is 17.2 Å². The molecule has 0 spiro atoms. The van der Waals surface area contributed by atoms with Crippen LogP contribution in [0.25, 0.3) is 10.2 Å². The Kier molecular flexibility index (Phi) is 5.03. The minimum atomic E-state index is 0.174. The SMILES string of the molecule is COc1cc(C(O)=[SH]c2nc3ccccc3s2)cc(OC)c1OC. The molecule has 0 atom stereocenters. The van der Waals surface area contributed by atoms with Gasteiger partial charge in [0.1, 0.15) is 9.39 Å². The fourth-order valence-electron chi connectivity index (χ4n) is 2.27. The largest absolute Gasteiger partial charge is 0.493 e. The molecule has 1 N–H and O–H groups in total. The summed E-state index contributed by atoms with van der Waals surface area (Å²) < 4.78 is 17.9. The van der Waals surface area contributed by atoms with Crippen LogP contribution in [0.15, 0.2) is 40.7 Å². The predicted molar refractivity (Wildman–Crippen MR) is 99.7 cm³/mol. The minimum Gasteiger partial charge on any atom is -0.493 e. The fraction of sp³-hybridized carbons (Fsp3) is 0.176. The first kappa shape index (κ1) is 16.8. The molecule has 7 heteroatoms. The molecule has 0 aliphatic carbocycles. The number of thiazole rings is 1. The molecule has 2 aromatic carbocycles. The molecule has 0 radical (unpaired) electrons. The van der Waals surface area contributed by atoms with Crippen molar-refractivity contribution in [3.05, 3.63) is 42.0 Å². The van der Waals surface area contributed by atoms with Gasteiger partial charge in [0.05, 0.1) is 31.5 Å². The van der Waals surface area contributed by atoms with E-state index in [4.69, 9.17) is 14.2 Å². The summed E-state index contributed by atoms with van der Waals surface area (Å²) in [6, 6.07) is 11.3. The molecule has 0 bridgehead atoms. The number of aromatic nitrogens is 1. The van der Waals surface area contributed by atoms with Gasteiger partial charge in [0, 0.05) is 5.56 Å². The monoisotopic (exact) mass is 363 g/mol. The third kappa shape index (κ3) is 3.24. The fourth-order valence-corrected chi connectivity index (χ4v) is 4.31. The lowest BCUT2D eigenvalue weighted by atomic mass is 10.2. The van der Waals surface area contributed by atoms with Crippen molar-refractivity contribution in [1.82, 2.24) is 4.98 Å². The van der Waals surface area contributed by atoms with Gasteiger partial charge in [0.25, 0.3) is 0 Å². The smallest absolute Gasteiger partial charge is 0.203 e. The Balaban J connectivity index is 2.03. The van der Waals surface area contributed by atoms with E-state index in [9.17, 15) is 5.11 Å². The zero-order valence-corrected chi connectivity index (χ0v) is 15.1. The van der Waals surface area contributed by atoms with E-state index in [1.165, 1.54) is 0 Å². The number of rotatable bonds is 5. The average Bonchev–Trinajstić information content (AvgIpc) is 3.02. The van der Waals surface area contributed by atoms with Crippen LogP contribution >= 0.6 is 22.7 Å². The van der Waals surface area contributed by atoms with Crippen LogP contribution in [0.3, 0.4) is 0 Å². The number of ether oxygens (including phenoxy) is 3. The number of aliphatic hydroxyl groups excluding tert-OH is 1. The van der Waals surface area contributed by atoms with Crippen molar-refractivity contribution in [3.8, 4) is 17.2 Å². The first-order chi connectivity index (χ1) is 11.7. The van der Waals surface area contributed by atoms with Crippen LogP contribution in [-0.4, -0.2) is 36.5 Å². The summed E-state index contributed by atoms with van der Waals surface area (Å²) in [6.07, 6.45) is 0. The maximum absolute atomic E-state index is 10.5. The number of nitrogens with zero attached hydrogens (tertiary/aromatic N) is 1. The normalized spacial score (nSPS) is 11.9. The lowest BCUT2D eigenvalue weighted by molar-refractivity contribution is 0.324. The van der Waals surface area contributed by atoms with Crippen molar-refractivity contribution in [1.29, 1.82) is 0 Å². The molecule has 1 aromatic heterocycles. The zero-order valence-electron chi connectivity index (χ0n) is 13.4. The number of aliphatic hydroxyl groups is 1. The molecule has 0 saturated carbocycles. The average molecular weight is 363 g/mol. The van der Waals surface area contributed by atoms with Crippen LogP contribution in [0, 0.1) is 0 Å². The second-order valence-corrected chi connectivity index (χ2v) is 7.22. The van der Waals surface area contributed by atoms with Gasteiger partial charge in [-0.25, -0.2) is 4.98 Å². The van der Waals surface area contributed by atoms with E-state index in [1.807, 2.05) is 24.3 Å². The number of para-hydroxylation sites is 1. The second-order valence-electron chi connectivity index (χ2n) is 4.81. The van der Waals surface area contributed by atoms with Crippen LogP contribution in [-0.2, 0) is 0 Å². The highest BCUT2D eigenvalue weighted by atomic mass is 32.2. The van der Waals surface area contributed by atoms with Gasteiger partial charge >= 0.3 is 0 Å². The molecule has 0 fully saturated rings. The van der Waals surface area contributed by atoms with Gasteiger partial charge < -0.3 is 19.3 Å². The van der Waals surface area contributed by atoms with Crippen molar-refractivity contribution in [2.24, 2.45) is 0 Å². The maximum atomic E-state index is 10.5. The zero-order chi connectivity index (χ0) is 17.1. The first-order valence-corrected chi connectivity index (χ1v) is 8.81. The lowest BCUT2D eigenvalue weighted by Gasteiger charge is -2.13. The summed E-state index contributed by atoms with van der Waals surface area (Å²) in [4.78, 5) is 4.54. The molecule has 126 valence electrons. The molecule has 3 rings (SSSR count). The van der Waals surface area contributed by atoms with Gasteiger partial charge in [-0.1, -0.05) is 12.1 Å². The van der Waals surface area contributed by atoms with Crippen molar-refractivity contribution < 1.29 is 19.3 Å². The van der Waals surface area contributed by atoms with Gasteiger partial charge in [-0.15, -0.1) is 22.7 Å². The van der Waals surface area contributed by atoms with Crippen molar-refractivity contribution in [2.45, 2.75) is 4.34 Å². The molecule has 0 amide bonds. The Hall–Kier alpha value is -2.09.